The van der Waals surface area contributed by atoms with Gasteiger partial charge in [-0.3, -0.25) is 0 Å². The molecule has 0 spiro atoms. The van der Waals surface area contributed by atoms with Gasteiger partial charge in [0.2, 0.25) is 11.8 Å². The van der Waals surface area contributed by atoms with Crippen LogP contribution in [0.2, 0.25) is 0 Å². The van der Waals surface area contributed by atoms with E-state index >= 15 is 0 Å². The Morgan fingerprint density at radius 3 is 1.95 bits per heavy atom. The van der Waals surface area contributed by atoms with Crippen LogP contribution >= 0.6 is 0 Å². The van der Waals surface area contributed by atoms with E-state index in [1.807, 2.05) is 34.6 Å². The minimum absolute atomic E-state index is 0.0926. The highest BCUT2D eigenvalue weighted by Gasteiger charge is 2.22. The van der Waals surface area contributed by atoms with Crippen molar-refractivity contribution >= 4 is 11.0 Å². The first kappa shape index (κ1) is 18.5. The van der Waals surface area contributed by atoms with E-state index in [4.69, 9.17) is 14.6 Å². The zero-order valence-corrected chi connectivity index (χ0v) is 14.4. The zero-order valence-electron chi connectivity index (χ0n) is 13.6. The van der Waals surface area contributed by atoms with Crippen LogP contribution in [0.5, 0.6) is 0 Å². The third kappa shape index (κ3) is 6.08. The van der Waals surface area contributed by atoms with E-state index in [1.165, 1.54) is 12.5 Å². The second-order valence-corrected chi connectivity index (χ2v) is 7.75. The summed E-state index contributed by atoms with van der Waals surface area (Å²) in [5, 5.41) is 0. The van der Waals surface area contributed by atoms with Crippen LogP contribution in [0.4, 0.5) is 0 Å². The lowest BCUT2D eigenvalue weighted by atomic mass is 10.3. The molecule has 0 saturated carbocycles. The fraction of sp³-hybridized carbons (Fsp3) is 0.571. The van der Waals surface area contributed by atoms with Crippen LogP contribution < -0.4 is 10.5 Å². The number of nitrogens with zero attached hydrogens (tertiary/aromatic N) is 2. The Hall–Kier alpha value is -1.51. The number of nitrogens with two attached hydrogens (primary N) is 1. The highest BCUT2D eigenvalue weighted by Crippen LogP contribution is 2.15. The molecule has 124 valence electrons. The summed E-state index contributed by atoms with van der Waals surface area (Å²) in [7, 11) is -1.10. The van der Waals surface area contributed by atoms with Gasteiger partial charge in [0.05, 0.1) is 40.2 Å². The molecular weight excluding hydrogens is 304 g/mol. The molecule has 3 unspecified atom stereocenters. The van der Waals surface area contributed by atoms with Gasteiger partial charge in [0, 0.05) is 0 Å². The van der Waals surface area contributed by atoms with E-state index in [0.717, 1.165) is 0 Å². The molecule has 0 fully saturated rings. The van der Waals surface area contributed by atoms with Gasteiger partial charge in [-0.05, 0) is 34.6 Å². The Morgan fingerprint density at radius 2 is 1.64 bits per heavy atom. The SMILES string of the molecule is CC(N)c1ncco1.CC(NS(=O)C(C)(C)C)c1ncco1. The lowest BCUT2D eigenvalue weighted by Gasteiger charge is -2.20. The minimum atomic E-state index is -1.10. The summed E-state index contributed by atoms with van der Waals surface area (Å²) in [6.07, 6.45) is 6.18. The minimum Gasteiger partial charge on any atom is -0.447 e. The van der Waals surface area contributed by atoms with E-state index in [-0.39, 0.29) is 16.8 Å². The molecule has 3 N–H and O–H groups in total. The van der Waals surface area contributed by atoms with Crippen LogP contribution in [-0.2, 0) is 11.0 Å². The first-order chi connectivity index (χ1) is 10.2. The predicted molar refractivity (Wildman–Crippen MR) is 85.1 cm³/mol. The number of nitrogens with one attached hydrogen (secondary N) is 1. The van der Waals surface area contributed by atoms with Crippen molar-refractivity contribution in [3.63, 3.8) is 0 Å². The monoisotopic (exact) mass is 328 g/mol. The molecule has 3 atom stereocenters. The van der Waals surface area contributed by atoms with E-state index in [0.29, 0.717) is 11.8 Å². The zero-order chi connectivity index (χ0) is 16.8. The normalized spacial score (nSPS) is 15.5. The summed E-state index contributed by atoms with van der Waals surface area (Å²) < 4.78 is 24.3. The highest BCUT2D eigenvalue weighted by molar-refractivity contribution is 7.84. The summed E-state index contributed by atoms with van der Waals surface area (Å²) in [5.41, 5.74) is 5.40. The molecule has 8 heteroatoms. The molecule has 0 saturated heterocycles. The third-order valence-electron chi connectivity index (χ3n) is 2.50. The Morgan fingerprint density at radius 1 is 1.14 bits per heavy atom. The van der Waals surface area contributed by atoms with E-state index in [1.54, 1.807) is 12.4 Å². The molecule has 7 nitrogen and oxygen atoms in total. The van der Waals surface area contributed by atoms with E-state index in [9.17, 15) is 4.21 Å². The summed E-state index contributed by atoms with van der Waals surface area (Å²) in [4.78, 5) is 7.81. The summed E-state index contributed by atoms with van der Waals surface area (Å²) in [6.45, 7) is 9.44. The van der Waals surface area contributed by atoms with Gasteiger partial charge < -0.3 is 14.6 Å². The Labute approximate surface area is 133 Å². The molecule has 0 aliphatic heterocycles. The van der Waals surface area contributed by atoms with Crippen LogP contribution in [-0.4, -0.2) is 18.9 Å². The number of oxazole rings is 2. The molecular formula is C14H24N4O3S. The molecule has 2 aromatic rings. The predicted octanol–water partition coefficient (Wildman–Crippen LogP) is 2.48. The lowest BCUT2D eigenvalue weighted by molar-refractivity contribution is 0.448. The number of rotatable bonds is 4. The van der Waals surface area contributed by atoms with Gasteiger partial charge in [-0.1, -0.05) is 0 Å². The maximum Gasteiger partial charge on any atom is 0.211 e. The van der Waals surface area contributed by atoms with E-state index < -0.39 is 11.0 Å². The van der Waals surface area contributed by atoms with Crippen molar-refractivity contribution in [3.8, 4) is 0 Å². The number of aromatic nitrogens is 2. The fourth-order valence-electron chi connectivity index (χ4n) is 1.30. The Kier molecular flexibility index (Phi) is 6.92. The van der Waals surface area contributed by atoms with Crippen LogP contribution in [0.15, 0.2) is 33.8 Å². The van der Waals surface area contributed by atoms with Crippen molar-refractivity contribution in [1.29, 1.82) is 0 Å². The average molecular weight is 328 g/mol. The largest absolute Gasteiger partial charge is 0.447 e. The van der Waals surface area contributed by atoms with Crippen LogP contribution in [0, 0.1) is 0 Å². The van der Waals surface area contributed by atoms with Gasteiger partial charge in [0.25, 0.3) is 0 Å². The molecule has 2 rings (SSSR count). The third-order valence-corrected chi connectivity index (χ3v) is 4.18. The molecule has 2 aromatic heterocycles. The number of hydrogen-bond donors (Lipinski definition) is 2. The maximum absolute atomic E-state index is 11.7. The molecule has 0 radical (unpaired) electrons. The van der Waals surface area contributed by atoms with Crippen LogP contribution in [0.3, 0.4) is 0 Å². The lowest BCUT2D eigenvalue weighted by Crippen LogP contribution is -2.34. The Bertz CT molecular complexity index is 547. The average Bonchev–Trinajstić information content (AvgIpc) is 3.12. The van der Waals surface area contributed by atoms with Gasteiger partial charge in [-0.25, -0.2) is 18.9 Å². The molecule has 2 heterocycles. The summed E-state index contributed by atoms with van der Waals surface area (Å²) in [5.74, 6) is 1.15. The molecule has 0 aromatic carbocycles. The van der Waals surface area contributed by atoms with Gasteiger partial charge in [-0.15, -0.1) is 0 Å². The second-order valence-electron chi connectivity index (χ2n) is 5.75. The van der Waals surface area contributed by atoms with Crippen molar-refractivity contribution < 1.29 is 13.0 Å². The fourth-order valence-corrected chi connectivity index (χ4v) is 2.07. The van der Waals surface area contributed by atoms with Crippen LogP contribution in [0.1, 0.15) is 58.5 Å². The van der Waals surface area contributed by atoms with Crippen molar-refractivity contribution in [1.82, 2.24) is 14.7 Å². The standard InChI is InChI=1S/C9H16N2O2S.C5H8N2O/c1-7(8-10-5-6-13-8)11-14(12)9(2,3)4;1-4(6)5-7-2-3-8-5/h5-7,11H,1-4H3;2-4H,6H2,1H3. The second kappa shape index (κ2) is 8.21. The smallest absolute Gasteiger partial charge is 0.211 e. The topological polar surface area (TPSA) is 107 Å². The van der Waals surface area contributed by atoms with Crippen molar-refractivity contribution in [2.45, 2.75) is 51.4 Å². The maximum atomic E-state index is 11.7. The Balaban J connectivity index is 0.000000255. The first-order valence-corrected chi connectivity index (χ1v) is 8.09. The molecule has 0 aliphatic carbocycles. The quantitative estimate of drug-likeness (QED) is 0.893. The number of hydrogen-bond acceptors (Lipinski definition) is 6. The molecule has 0 bridgehead atoms. The van der Waals surface area contributed by atoms with Crippen molar-refractivity contribution in [3.05, 3.63) is 36.7 Å². The summed E-state index contributed by atoms with van der Waals surface area (Å²) in [6, 6.07) is -0.227. The van der Waals surface area contributed by atoms with Gasteiger partial charge >= 0.3 is 0 Å². The highest BCUT2D eigenvalue weighted by atomic mass is 32.2. The van der Waals surface area contributed by atoms with Crippen molar-refractivity contribution in [2.24, 2.45) is 5.73 Å². The van der Waals surface area contributed by atoms with Gasteiger partial charge in [0.1, 0.15) is 12.5 Å². The van der Waals surface area contributed by atoms with Crippen molar-refractivity contribution in [2.75, 3.05) is 0 Å². The molecule has 0 aliphatic rings. The molecule has 22 heavy (non-hydrogen) atoms. The van der Waals surface area contributed by atoms with Crippen LogP contribution in [0.25, 0.3) is 0 Å². The van der Waals surface area contributed by atoms with Gasteiger partial charge in [0.15, 0.2) is 0 Å². The first-order valence-electron chi connectivity index (χ1n) is 6.94. The summed E-state index contributed by atoms with van der Waals surface area (Å²) >= 11 is 0. The van der Waals surface area contributed by atoms with E-state index in [2.05, 4.69) is 14.7 Å². The molecule has 0 amide bonds. The van der Waals surface area contributed by atoms with Gasteiger partial charge in [-0.2, -0.15) is 0 Å².